The quantitative estimate of drug-likeness (QED) is 0.532. The Balaban J connectivity index is 1.23. The molecule has 1 aromatic heterocycles. The molecule has 0 aliphatic carbocycles. The highest BCUT2D eigenvalue weighted by Crippen LogP contribution is 2.29. The Morgan fingerprint density at radius 1 is 1.06 bits per heavy atom. The summed E-state index contributed by atoms with van der Waals surface area (Å²) in [5, 5.41) is 5.06. The number of amides is 1. The van der Waals surface area contributed by atoms with Crippen LogP contribution in [0.25, 0.3) is 11.5 Å². The predicted octanol–water partition coefficient (Wildman–Crippen LogP) is 3.90. The van der Waals surface area contributed by atoms with E-state index < -0.39 is 0 Å². The van der Waals surface area contributed by atoms with E-state index in [1.54, 1.807) is 18.2 Å². The van der Waals surface area contributed by atoms with Crippen molar-refractivity contribution in [2.75, 3.05) is 32.8 Å². The van der Waals surface area contributed by atoms with Crippen LogP contribution in [0, 0.1) is 0 Å². The van der Waals surface area contributed by atoms with Crippen molar-refractivity contribution in [3.63, 3.8) is 0 Å². The minimum Gasteiger partial charge on any atom is -0.367 e. The molecule has 162 valence electrons. The van der Waals surface area contributed by atoms with Gasteiger partial charge in [-0.1, -0.05) is 58.7 Å². The molecule has 1 aliphatic rings. The number of hydrogen-bond donors (Lipinski definition) is 0. The van der Waals surface area contributed by atoms with Gasteiger partial charge in [0.15, 0.2) is 5.82 Å². The Kier molecular flexibility index (Phi) is 7.19. The van der Waals surface area contributed by atoms with Crippen LogP contribution in [0.2, 0.25) is 10.0 Å². The van der Waals surface area contributed by atoms with Crippen LogP contribution >= 0.6 is 23.2 Å². The lowest BCUT2D eigenvalue weighted by Gasteiger charge is -2.34. The Morgan fingerprint density at radius 2 is 1.84 bits per heavy atom. The van der Waals surface area contributed by atoms with E-state index in [-0.39, 0.29) is 12.5 Å². The first-order chi connectivity index (χ1) is 15.1. The molecule has 2 aromatic carbocycles. The number of hydrogen-bond acceptors (Lipinski definition) is 6. The van der Waals surface area contributed by atoms with Crippen molar-refractivity contribution < 1.29 is 14.1 Å². The number of carbonyl (C=O) groups excluding carboxylic acids is 1. The molecule has 0 atom stereocenters. The highest BCUT2D eigenvalue weighted by molar-refractivity contribution is 6.36. The third kappa shape index (κ3) is 5.83. The van der Waals surface area contributed by atoms with Gasteiger partial charge >= 0.3 is 0 Å². The van der Waals surface area contributed by atoms with E-state index in [0.717, 1.165) is 18.7 Å². The largest absolute Gasteiger partial charge is 0.367 e. The standard InChI is InChI=1S/C22H22Cl2N4O3/c23-17-6-7-18(19(24)12-17)22-25-20(26-31-22)13-27-8-10-28(11-9-27)21(29)15-30-14-16-4-2-1-3-5-16/h1-7,12H,8-11,13-15H2. The number of aromatic nitrogens is 2. The first kappa shape index (κ1) is 21.8. The van der Waals surface area contributed by atoms with E-state index in [4.69, 9.17) is 32.5 Å². The summed E-state index contributed by atoms with van der Waals surface area (Å²) in [6, 6.07) is 14.9. The fraction of sp³-hybridized carbons (Fsp3) is 0.318. The molecule has 31 heavy (non-hydrogen) atoms. The van der Waals surface area contributed by atoms with Gasteiger partial charge < -0.3 is 14.2 Å². The fourth-order valence-electron chi connectivity index (χ4n) is 3.37. The average Bonchev–Trinajstić information content (AvgIpc) is 3.23. The van der Waals surface area contributed by atoms with Crippen molar-refractivity contribution in [1.29, 1.82) is 0 Å². The van der Waals surface area contributed by atoms with Gasteiger partial charge in [-0.25, -0.2) is 0 Å². The zero-order valence-corrected chi connectivity index (χ0v) is 18.3. The number of ether oxygens (including phenoxy) is 1. The summed E-state index contributed by atoms with van der Waals surface area (Å²) in [6.07, 6.45) is 0. The molecule has 7 nitrogen and oxygen atoms in total. The summed E-state index contributed by atoms with van der Waals surface area (Å²) in [5.41, 5.74) is 1.70. The van der Waals surface area contributed by atoms with E-state index >= 15 is 0 Å². The summed E-state index contributed by atoms with van der Waals surface area (Å²) in [6.45, 7) is 3.81. The monoisotopic (exact) mass is 460 g/mol. The van der Waals surface area contributed by atoms with Crippen molar-refractivity contribution in [3.05, 3.63) is 70.0 Å². The fourth-order valence-corrected chi connectivity index (χ4v) is 3.86. The van der Waals surface area contributed by atoms with Crippen LogP contribution in [0.1, 0.15) is 11.4 Å². The van der Waals surface area contributed by atoms with Crippen molar-refractivity contribution in [2.24, 2.45) is 0 Å². The van der Waals surface area contributed by atoms with E-state index in [0.29, 0.717) is 53.6 Å². The van der Waals surface area contributed by atoms with E-state index in [1.165, 1.54) is 0 Å². The van der Waals surface area contributed by atoms with Gasteiger partial charge in [-0.2, -0.15) is 4.98 Å². The van der Waals surface area contributed by atoms with Crippen LogP contribution in [0.4, 0.5) is 0 Å². The first-order valence-electron chi connectivity index (χ1n) is 9.98. The van der Waals surface area contributed by atoms with Crippen LogP contribution in [0.5, 0.6) is 0 Å². The Morgan fingerprint density at radius 3 is 2.58 bits per heavy atom. The molecule has 1 aliphatic heterocycles. The molecule has 0 radical (unpaired) electrons. The lowest BCUT2D eigenvalue weighted by molar-refractivity contribution is -0.138. The van der Waals surface area contributed by atoms with Crippen LogP contribution in [0.15, 0.2) is 53.1 Å². The maximum absolute atomic E-state index is 12.4. The van der Waals surface area contributed by atoms with Gasteiger partial charge in [0, 0.05) is 31.2 Å². The SMILES string of the molecule is O=C(COCc1ccccc1)N1CCN(Cc2noc(-c3ccc(Cl)cc3Cl)n2)CC1. The molecule has 2 heterocycles. The predicted molar refractivity (Wildman–Crippen MR) is 118 cm³/mol. The Bertz CT molecular complexity index is 1020. The van der Waals surface area contributed by atoms with Gasteiger partial charge in [0.05, 0.1) is 23.7 Å². The number of nitrogens with zero attached hydrogens (tertiary/aromatic N) is 4. The molecular formula is C22H22Cl2N4O3. The number of rotatable bonds is 7. The maximum Gasteiger partial charge on any atom is 0.259 e. The normalized spacial score (nSPS) is 14.7. The van der Waals surface area contributed by atoms with Gasteiger partial charge in [0.2, 0.25) is 5.91 Å². The smallest absolute Gasteiger partial charge is 0.259 e. The average molecular weight is 461 g/mol. The summed E-state index contributed by atoms with van der Waals surface area (Å²) in [4.78, 5) is 20.8. The third-order valence-corrected chi connectivity index (χ3v) is 5.60. The summed E-state index contributed by atoms with van der Waals surface area (Å²) < 4.78 is 10.9. The molecule has 3 aromatic rings. The van der Waals surface area contributed by atoms with Gasteiger partial charge in [0.25, 0.3) is 5.89 Å². The van der Waals surface area contributed by atoms with Gasteiger partial charge in [0.1, 0.15) is 6.61 Å². The topological polar surface area (TPSA) is 71.7 Å². The molecule has 0 saturated carbocycles. The molecule has 1 saturated heterocycles. The molecule has 0 unspecified atom stereocenters. The highest BCUT2D eigenvalue weighted by Gasteiger charge is 2.23. The molecule has 0 N–H and O–H groups in total. The minimum atomic E-state index is 0.00908. The minimum absolute atomic E-state index is 0.00908. The second-order valence-electron chi connectivity index (χ2n) is 7.28. The second kappa shape index (κ2) is 10.2. The summed E-state index contributed by atoms with van der Waals surface area (Å²) >= 11 is 12.1. The molecule has 9 heteroatoms. The van der Waals surface area contributed by atoms with Crippen LogP contribution in [0.3, 0.4) is 0 Å². The first-order valence-corrected chi connectivity index (χ1v) is 10.7. The molecule has 1 amide bonds. The number of halogens is 2. The number of carbonyl (C=O) groups is 1. The Hall–Kier alpha value is -2.45. The molecule has 1 fully saturated rings. The highest BCUT2D eigenvalue weighted by atomic mass is 35.5. The molecule has 0 bridgehead atoms. The van der Waals surface area contributed by atoms with Crippen LogP contribution < -0.4 is 0 Å². The number of piperazine rings is 1. The lowest BCUT2D eigenvalue weighted by Crippen LogP contribution is -2.49. The van der Waals surface area contributed by atoms with Crippen molar-refractivity contribution >= 4 is 29.1 Å². The van der Waals surface area contributed by atoms with Gasteiger partial charge in [-0.15, -0.1) is 0 Å². The second-order valence-corrected chi connectivity index (χ2v) is 8.12. The van der Waals surface area contributed by atoms with Crippen molar-refractivity contribution in [3.8, 4) is 11.5 Å². The van der Waals surface area contributed by atoms with E-state index in [1.807, 2.05) is 35.2 Å². The zero-order chi connectivity index (χ0) is 21.6. The summed E-state index contributed by atoms with van der Waals surface area (Å²) in [5.74, 6) is 0.947. The molecular weight excluding hydrogens is 439 g/mol. The van der Waals surface area contributed by atoms with E-state index in [2.05, 4.69) is 15.0 Å². The zero-order valence-electron chi connectivity index (χ0n) is 16.8. The van der Waals surface area contributed by atoms with Gasteiger partial charge in [-0.05, 0) is 23.8 Å². The van der Waals surface area contributed by atoms with Gasteiger partial charge in [-0.3, -0.25) is 9.69 Å². The summed E-state index contributed by atoms with van der Waals surface area (Å²) in [7, 11) is 0. The third-order valence-electron chi connectivity index (χ3n) is 5.06. The van der Waals surface area contributed by atoms with Crippen LogP contribution in [-0.4, -0.2) is 58.6 Å². The van der Waals surface area contributed by atoms with E-state index in [9.17, 15) is 4.79 Å². The molecule has 0 spiro atoms. The van der Waals surface area contributed by atoms with Crippen molar-refractivity contribution in [1.82, 2.24) is 19.9 Å². The Labute approximate surface area is 190 Å². The maximum atomic E-state index is 12.4. The lowest BCUT2D eigenvalue weighted by atomic mass is 10.2. The van der Waals surface area contributed by atoms with Crippen molar-refractivity contribution in [2.45, 2.75) is 13.2 Å². The van der Waals surface area contributed by atoms with Crippen LogP contribution in [-0.2, 0) is 22.7 Å². The number of benzene rings is 2. The molecule has 4 rings (SSSR count).